The number of ether oxygens (including phenoxy) is 4. The van der Waals surface area contributed by atoms with Gasteiger partial charge in [0.25, 0.3) is 11.7 Å². The normalized spacial score (nSPS) is 32.2. The molecule has 0 spiro atoms. The third kappa shape index (κ3) is 7.54. The number of allylic oxidation sites excluding steroid dienone is 2. The zero-order valence-electron chi connectivity index (χ0n) is 31.1. The van der Waals surface area contributed by atoms with Crippen molar-refractivity contribution in [2.24, 2.45) is 28.8 Å². The number of phenols is 3. The van der Waals surface area contributed by atoms with Gasteiger partial charge in [-0.2, -0.15) is 0 Å². The SMILES string of the molecule is CO[C@H]1/C=C/O[C@@]2(C)Oc3c(C)c(O)c4c(O)c(c(C=NO)c(O)c4c3C2=O)NC(=O)/C(C)=C\C=C\[C@H](C)[C@H](O)[C@@H](C)[C@@H](O)[C@@H](C)[C@H](OC(C)=O)[C@@H]1C. The highest BCUT2D eigenvalue weighted by Gasteiger charge is 2.50. The van der Waals surface area contributed by atoms with E-state index in [9.17, 15) is 45.1 Å². The van der Waals surface area contributed by atoms with E-state index in [1.807, 2.05) is 0 Å². The van der Waals surface area contributed by atoms with Crippen LogP contribution in [0.2, 0.25) is 0 Å². The number of benzene rings is 2. The molecule has 3 heterocycles. The Balaban J connectivity index is 1.95. The number of nitrogens with zero attached hydrogens (tertiary/aromatic N) is 1. The number of fused-ring (bicyclic) bond motifs is 14. The van der Waals surface area contributed by atoms with Gasteiger partial charge in [0.15, 0.2) is 5.75 Å². The van der Waals surface area contributed by atoms with Gasteiger partial charge in [0.2, 0.25) is 0 Å². The number of anilines is 1. The van der Waals surface area contributed by atoms with Gasteiger partial charge in [-0.15, -0.1) is 0 Å². The van der Waals surface area contributed by atoms with Gasteiger partial charge >= 0.3 is 11.8 Å². The second-order valence-electron chi connectivity index (χ2n) is 13.9. The molecule has 0 radical (unpaired) electrons. The van der Waals surface area contributed by atoms with Crippen LogP contribution in [0.1, 0.15) is 70.0 Å². The minimum atomic E-state index is -2.07. The van der Waals surface area contributed by atoms with Gasteiger partial charge in [-0.05, 0) is 19.9 Å². The molecule has 15 heteroatoms. The summed E-state index contributed by atoms with van der Waals surface area (Å²) in [6.07, 6.45) is 4.01. The van der Waals surface area contributed by atoms with Crippen molar-refractivity contribution in [3.05, 3.63) is 52.8 Å². The quantitative estimate of drug-likeness (QED) is 0.0572. The molecule has 5 bridgehead atoms. The van der Waals surface area contributed by atoms with Crippen LogP contribution in [0.5, 0.6) is 23.0 Å². The molecule has 1 amide bonds. The van der Waals surface area contributed by atoms with E-state index in [1.165, 1.54) is 53.0 Å². The molecule has 53 heavy (non-hydrogen) atoms. The van der Waals surface area contributed by atoms with E-state index < -0.39 is 105 Å². The number of amides is 1. The summed E-state index contributed by atoms with van der Waals surface area (Å²) in [4.78, 5) is 39.7. The van der Waals surface area contributed by atoms with Crippen molar-refractivity contribution < 1.29 is 64.1 Å². The third-order valence-electron chi connectivity index (χ3n) is 10.2. The number of phenolic OH excluding ortho intramolecular Hbond substituents is 3. The molecule has 0 aromatic heterocycles. The van der Waals surface area contributed by atoms with Crippen LogP contribution in [0.25, 0.3) is 10.8 Å². The minimum Gasteiger partial charge on any atom is -0.507 e. The number of rotatable bonds is 3. The molecule has 2 aromatic carbocycles. The Morgan fingerprint density at radius 2 is 1.62 bits per heavy atom. The molecule has 5 rings (SSSR count). The minimum absolute atomic E-state index is 0.00476. The largest absolute Gasteiger partial charge is 0.507 e. The third-order valence-corrected chi connectivity index (χ3v) is 10.2. The fourth-order valence-corrected chi connectivity index (χ4v) is 6.93. The topological polar surface area (TPSA) is 234 Å². The fourth-order valence-electron chi connectivity index (χ4n) is 6.93. The van der Waals surface area contributed by atoms with E-state index in [2.05, 4.69) is 10.5 Å². The number of aliphatic hydroxyl groups is 2. The zero-order chi connectivity index (χ0) is 39.7. The lowest BCUT2D eigenvalue weighted by atomic mass is 9.78. The Labute approximate surface area is 306 Å². The molecule has 0 saturated carbocycles. The molecule has 288 valence electrons. The lowest BCUT2D eigenvalue weighted by Gasteiger charge is -2.38. The standard InChI is InChI=1S/C38H48N2O13/c1-16-11-10-12-17(2)37(48)40-28-23(15-39-49)32(45)25-26(33(28)46)31(44)21(6)35-27(25)36(47)38(8,53-35)51-14-13-24(50-9)18(3)34(52-22(7)41)20(5)30(43)19(4)29(16)42/h10-16,18-20,24,29-30,34,42-46,49H,1-9H3,(H,40,48)/b11-10+,14-13+,17-12-,39-15?/t16-,18+,19+,20+,24-,29-,30+,34+,38-/m0/s1. The first kappa shape index (κ1) is 40.6. The average molecular weight is 741 g/mol. The Hall–Kier alpha value is -5.12. The van der Waals surface area contributed by atoms with Crippen molar-refractivity contribution in [3.63, 3.8) is 0 Å². The van der Waals surface area contributed by atoms with Gasteiger partial charge in [0, 0.05) is 61.2 Å². The highest BCUT2D eigenvalue weighted by Crippen LogP contribution is 2.55. The molecule has 15 nitrogen and oxygen atoms in total. The number of esters is 1. The van der Waals surface area contributed by atoms with E-state index in [0.29, 0.717) is 0 Å². The lowest BCUT2D eigenvalue weighted by molar-refractivity contribution is -0.160. The van der Waals surface area contributed by atoms with Crippen LogP contribution < -0.4 is 10.1 Å². The molecule has 3 aliphatic heterocycles. The number of ketones is 1. The first-order valence-electron chi connectivity index (χ1n) is 17.1. The van der Waals surface area contributed by atoms with Gasteiger partial charge in [0.1, 0.15) is 23.4 Å². The average Bonchev–Trinajstić information content (AvgIpc) is 3.38. The summed E-state index contributed by atoms with van der Waals surface area (Å²) in [5.41, 5.74) is -0.978. The molecule has 3 aliphatic rings. The summed E-state index contributed by atoms with van der Waals surface area (Å²) in [5.74, 6) is -9.00. The Bertz CT molecular complexity index is 1900. The lowest BCUT2D eigenvalue weighted by Crippen LogP contribution is -2.46. The van der Waals surface area contributed by atoms with Crippen LogP contribution in [-0.2, 0) is 23.8 Å². The van der Waals surface area contributed by atoms with Gasteiger partial charge in [-0.3, -0.25) is 14.4 Å². The van der Waals surface area contributed by atoms with Crippen molar-refractivity contribution in [2.75, 3.05) is 12.4 Å². The van der Waals surface area contributed by atoms with Crippen molar-refractivity contribution >= 4 is 40.3 Å². The summed E-state index contributed by atoms with van der Waals surface area (Å²) < 4.78 is 23.2. The van der Waals surface area contributed by atoms with E-state index in [4.69, 9.17) is 18.9 Å². The number of carbonyl (C=O) groups excluding carboxylic acids is 3. The summed E-state index contributed by atoms with van der Waals surface area (Å²) in [6, 6.07) is 0. The second kappa shape index (κ2) is 15.9. The van der Waals surface area contributed by atoms with E-state index >= 15 is 0 Å². The van der Waals surface area contributed by atoms with Crippen molar-refractivity contribution in [1.29, 1.82) is 0 Å². The number of aliphatic hydroxyl groups excluding tert-OH is 2. The summed E-state index contributed by atoms with van der Waals surface area (Å²) >= 11 is 0. The fraction of sp³-hybridized carbons (Fsp3) is 0.474. The molecular formula is C38H48N2O13. The van der Waals surface area contributed by atoms with Crippen LogP contribution in [0, 0.1) is 30.6 Å². The monoisotopic (exact) mass is 740 g/mol. The van der Waals surface area contributed by atoms with E-state index in [-0.39, 0.29) is 27.8 Å². The summed E-state index contributed by atoms with van der Waals surface area (Å²) in [7, 11) is 1.41. The van der Waals surface area contributed by atoms with E-state index in [0.717, 1.165) is 12.5 Å². The van der Waals surface area contributed by atoms with Crippen LogP contribution in [0.4, 0.5) is 5.69 Å². The smallest absolute Gasteiger partial charge is 0.312 e. The molecule has 0 fully saturated rings. The maximum absolute atomic E-state index is 14.1. The van der Waals surface area contributed by atoms with Crippen LogP contribution in [0.15, 0.2) is 41.3 Å². The summed E-state index contributed by atoms with van der Waals surface area (Å²) in [5, 5.41) is 71.2. The predicted molar refractivity (Wildman–Crippen MR) is 193 cm³/mol. The van der Waals surface area contributed by atoms with Crippen LogP contribution in [0.3, 0.4) is 0 Å². The predicted octanol–water partition coefficient (Wildman–Crippen LogP) is 4.56. The molecule has 2 aromatic rings. The number of nitrogens with one attached hydrogen (secondary N) is 1. The number of methoxy groups -OCH3 is 1. The molecule has 0 saturated heterocycles. The Morgan fingerprint density at radius 3 is 2.23 bits per heavy atom. The summed E-state index contributed by atoms with van der Waals surface area (Å²) in [6.45, 7) is 12.2. The van der Waals surface area contributed by atoms with Crippen molar-refractivity contribution in [1.82, 2.24) is 0 Å². The maximum atomic E-state index is 14.1. The van der Waals surface area contributed by atoms with Crippen LogP contribution >= 0.6 is 0 Å². The molecule has 9 atom stereocenters. The van der Waals surface area contributed by atoms with Gasteiger partial charge in [-0.1, -0.05) is 51.1 Å². The first-order valence-corrected chi connectivity index (χ1v) is 17.1. The zero-order valence-corrected chi connectivity index (χ0v) is 31.1. The number of hydrogen-bond donors (Lipinski definition) is 7. The molecule has 0 unspecified atom stereocenters. The maximum Gasteiger partial charge on any atom is 0.312 e. The van der Waals surface area contributed by atoms with Crippen molar-refractivity contribution in [3.8, 4) is 23.0 Å². The van der Waals surface area contributed by atoms with Crippen LogP contribution in [-0.4, -0.2) is 91.9 Å². The Kier molecular flexibility index (Phi) is 12.2. The molecule has 0 aliphatic carbocycles. The van der Waals surface area contributed by atoms with Gasteiger partial charge in [0.05, 0.1) is 53.0 Å². The molecule has 7 N–H and O–H groups in total. The van der Waals surface area contributed by atoms with E-state index in [1.54, 1.807) is 33.8 Å². The number of Topliss-reactive ketones (excluding diaryl/α,β-unsaturated/α-hetero) is 1. The highest BCUT2D eigenvalue weighted by molar-refractivity contribution is 6.23. The second-order valence-corrected chi connectivity index (χ2v) is 13.9. The number of hydrogen-bond acceptors (Lipinski definition) is 14. The van der Waals surface area contributed by atoms with Crippen molar-refractivity contribution in [2.45, 2.75) is 85.6 Å². The van der Waals surface area contributed by atoms with Gasteiger partial charge < -0.3 is 55.0 Å². The Morgan fingerprint density at radius 1 is 0.962 bits per heavy atom. The number of aromatic hydroxyl groups is 3. The van der Waals surface area contributed by atoms with Gasteiger partial charge in [-0.25, -0.2) is 0 Å². The number of carbonyl (C=O) groups is 3. The first-order chi connectivity index (χ1) is 24.8. The number of oxime groups is 1. The molecular weight excluding hydrogens is 692 g/mol. The highest BCUT2D eigenvalue weighted by atomic mass is 16.7.